The van der Waals surface area contributed by atoms with Crippen molar-refractivity contribution in [3.05, 3.63) is 44.9 Å². The van der Waals surface area contributed by atoms with Crippen molar-refractivity contribution in [2.45, 2.75) is 6.42 Å². The minimum Gasteiger partial charge on any atom is -0.383 e. The van der Waals surface area contributed by atoms with Crippen LogP contribution in [-0.2, 0) is 16.0 Å². The van der Waals surface area contributed by atoms with E-state index in [-0.39, 0.29) is 24.9 Å². The molecule has 1 heterocycles. The van der Waals surface area contributed by atoms with Crippen molar-refractivity contribution in [3.63, 3.8) is 0 Å². The molecule has 0 saturated heterocycles. The SMILES string of the molecule is COCCNCC(=O)Nc1ncc(Cc2cc(Cl)ccc2Cl)s1.Cl. The average molecular weight is 411 g/mol. The predicted octanol–water partition coefficient (Wildman–Crippen LogP) is 3.64. The molecule has 0 bridgehead atoms. The number of aromatic nitrogens is 1. The van der Waals surface area contributed by atoms with Gasteiger partial charge in [-0.05, 0) is 23.8 Å². The van der Waals surface area contributed by atoms with Crippen LogP contribution in [0.15, 0.2) is 24.4 Å². The van der Waals surface area contributed by atoms with E-state index in [1.807, 2.05) is 6.07 Å². The second-order valence-electron chi connectivity index (χ2n) is 4.76. The largest absolute Gasteiger partial charge is 0.383 e. The fourth-order valence-corrected chi connectivity index (χ4v) is 3.08. The van der Waals surface area contributed by atoms with Crippen LogP contribution in [0, 0.1) is 0 Å². The summed E-state index contributed by atoms with van der Waals surface area (Å²) in [6.45, 7) is 1.41. The van der Waals surface area contributed by atoms with Gasteiger partial charge < -0.3 is 15.4 Å². The van der Waals surface area contributed by atoms with E-state index in [0.717, 1.165) is 10.4 Å². The van der Waals surface area contributed by atoms with E-state index in [2.05, 4.69) is 15.6 Å². The minimum absolute atomic E-state index is 0. The molecule has 2 N–H and O–H groups in total. The Morgan fingerprint density at radius 1 is 1.38 bits per heavy atom. The number of nitrogens with zero attached hydrogens (tertiary/aromatic N) is 1. The molecule has 24 heavy (non-hydrogen) atoms. The Labute approximate surface area is 161 Å². The van der Waals surface area contributed by atoms with E-state index in [1.54, 1.807) is 25.4 Å². The molecule has 0 atom stereocenters. The number of ether oxygens (including phenoxy) is 1. The first-order valence-corrected chi connectivity index (χ1v) is 8.54. The van der Waals surface area contributed by atoms with Crippen molar-refractivity contribution < 1.29 is 9.53 Å². The molecule has 5 nitrogen and oxygen atoms in total. The molecule has 1 aromatic heterocycles. The maximum Gasteiger partial charge on any atom is 0.240 e. The van der Waals surface area contributed by atoms with Gasteiger partial charge in [-0.1, -0.05) is 23.2 Å². The van der Waals surface area contributed by atoms with E-state index in [1.165, 1.54) is 11.3 Å². The summed E-state index contributed by atoms with van der Waals surface area (Å²) in [6, 6.07) is 5.36. The van der Waals surface area contributed by atoms with Crippen LogP contribution in [0.1, 0.15) is 10.4 Å². The van der Waals surface area contributed by atoms with Crippen molar-refractivity contribution in [1.82, 2.24) is 10.3 Å². The number of hydrogen-bond acceptors (Lipinski definition) is 5. The fraction of sp³-hybridized carbons (Fsp3) is 0.333. The third kappa shape index (κ3) is 6.93. The van der Waals surface area contributed by atoms with E-state index < -0.39 is 0 Å². The number of thiazole rings is 1. The first-order chi connectivity index (χ1) is 11.1. The van der Waals surface area contributed by atoms with Crippen molar-refractivity contribution in [3.8, 4) is 0 Å². The molecule has 0 unspecified atom stereocenters. The van der Waals surface area contributed by atoms with E-state index in [4.69, 9.17) is 27.9 Å². The number of halogens is 3. The molecule has 1 aromatic carbocycles. The fourth-order valence-electron chi connectivity index (χ4n) is 1.85. The lowest BCUT2D eigenvalue weighted by atomic mass is 10.1. The highest BCUT2D eigenvalue weighted by Gasteiger charge is 2.09. The van der Waals surface area contributed by atoms with Gasteiger partial charge in [0.1, 0.15) is 0 Å². The van der Waals surface area contributed by atoms with Crippen LogP contribution in [0.5, 0.6) is 0 Å². The van der Waals surface area contributed by atoms with Crippen molar-refractivity contribution in [2.75, 3.05) is 32.1 Å². The van der Waals surface area contributed by atoms with Gasteiger partial charge in [-0.25, -0.2) is 4.98 Å². The summed E-state index contributed by atoms with van der Waals surface area (Å²) in [7, 11) is 1.62. The van der Waals surface area contributed by atoms with Gasteiger partial charge in [0.2, 0.25) is 5.91 Å². The Morgan fingerprint density at radius 2 is 2.17 bits per heavy atom. The van der Waals surface area contributed by atoms with Gasteiger partial charge in [-0.15, -0.1) is 23.7 Å². The van der Waals surface area contributed by atoms with Gasteiger partial charge in [-0.3, -0.25) is 4.79 Å². The van der Waals surface area contributed by atoms with Crippen LogP contribution in [0.25, 0.3) is 0 Å². The summed E-state index contributed by atoms with van der Waals surface area (Å²) in [5.74, 6) is -0.136. The maximum absolute atomic E-state index is 11.8. The molecule has 0 aliphatic heterocycles. The standard InChI is InChI=1S/C15H17Cl2N3O2S.ClH/c1-22-5-4-18-9-14(21)20-15-19-8-12(23-15)7-10-6-11(16)2-3-13(10)17;/h2-3,6,8,18H,4-5,7,9H2,1H3,(H,19,20,21);1H. The first-order valence-electron chi connectivity index (χ1n) is 6.96. The van der Waals surface area contributed by atoms with Gasteiger partial charge in [0.15, 0.2) is 5.13 Å². The Morgan fingerprint density at radius 3 is 2.92 bits per heavy atom. The van der Waals surface area contributed by atoms with Crippen LogP contribution in [-0.4, -0.2) is 37.7 Å². The van der Waals surface area contributed by atoms with Crippen molar-refractivity contribution in [2.24, 2.45) is 0 Å². The van der Waals surface area contributed by atoms with Crippen LogP contribution >= 0.6 is 46.9 Å². The van der Waals surface area contributed by atoms with E-state index in [0.29, 0.717) is 34.7 Å². The third-order valence-electron chi connectivity index (χ3n) is 2.94. The second kappa shape index (κ2) is 10.9. The molecule has 0 radical (unpaired) electrons. The normalized spacial score (nSPS) is 10.3. The van der Waals surface area contributed by atoms with E-state index in [9.17, 15) is 4.79 Å². The summed E-state index contributed by atoms with van der Waals surface area (Å²) in [4.78, 5) is 17.0. The minimum atomic E-state index is -0.136. The highest BCUT2D eigenvalue weighted by molar-refractivity contribution is 7.15. The monoisotopic (exact) mass is 409 g/mol. The zero-order valence-electron chi connectivity index (χ0n) is 13.0. The van der Waals surface area contributed by atoms with Crippen LogP contribution in [0.3, 0.4) is 0 Å². The number of methoxy groups -OCH3 is 1. The van der Waals surface area contributed by atoms with Crippen molar-refractivity contribution >= 4 is 58.0 Å². The lowest BCUT2D eigenvalue weighted by molar-refractivity contribution is -0.115. The first kappa shape index (κ1) is 21.2. The number of rotatable bonds is 8. The highest BCUT2D eigenvalue weighted by atomic mass is 35.5. The molecule has 0 fully saturated rings. The number of nitrogens with one attached hydrogen (secondary N) is 2. The van der Waals surface area contributed by atoms with E-state index >= 15 is 0 Å². The summed E-state index contributed by atoms with van der Waals surface area (Å²) in [5.41, 5.74) is 0.932. The molecular weight excluding hydrogens is 393 g/mol. The highest BCUT2D eigenvalue weighted by Crippen LogP contribution is 2.26. The lowest BCUT2D eigenvalue weighted by Gasteiger charge is -2.04. The molecule has 1 amide bonds. The molecule has 2 rings (SSSR count). The number of hydrogen-bond donors (Lipinski definition) is 2. The quantitative estimate of drug-likeness (QED) is 0.652. The molecule has 132 valence electrons. The summed E-state index contributed by atoms with van der Waals surface area (Å²) in [6.07, 6.45) is 2.36. The summed E-state index contributed by atoms with van der Waals surface area (Å²) >= 11 is 13.6. The Balaban J connectivity index is 0.00000288. The number of benzene rings is 1. The molecule has 9 heteroatoms. The Hall–Kier alpha value is -0.890. The Kier molecular flexibility index (Phi) is 9.58. The molecule has 0 saturated carbocycles. The number of amides is 1. The van der Waals surface area contributed by atoms with Crippen LogP contribution < -0.4 is 10.6 Å². The topological polar surface area (TPSA) is 63.2 Å². The van der Waals surface area contributed by atoms with Gasteiger partial charge in [0.05, 0.1) is 13.2 Å². The summed E-state index contributed by atoms with van der Waals surface area (Å²) < 4.78 is 4.90. The number of carbonyl (C=O) groups is 1. The molecular formula is C15H18Cl3N3O2S. The average Bonchev–Trinajstić information content (AvgIpc) is 2.94. The maximum atomic E-state index is 11.8. The van der Waals surface area contributed by atoms with Crippen molar-refractivity contribution in [1.29, 1.82) is 0 Å². The summed E-state index contributed by atoms with van der Waals surface area (Å²) in [5, 5.41) is 7.60. The van der Waals surface area contributed by atoms with Gasteiger partial charge in [0, 0.05) is 41.2 Å². The second-order valence-corrected chi connectivity index (χ2v) is 6.72. The predicted molar refractivity (Wildman–Crippen MR) is 102 cm³/mol. The zero-order chi connectivity index (χ0) is 16.7. The molecule has 0 aliphatic rings. The van der Waals surface area contributed by atoms with Crippen LogP contribution in [0.2, 0.25) is 10.0 Å². The number of carbonyl (C=O) groups excluding carboxylic acids is 1. The lowest BCUT2D eigenvalue weighted by Crippen LogP contribution is -2.30. The van der Waals surface area contributed by atoms with Crippen LogP contribution in [0.4, 0.5) is 5.13 Å². The Bertz CT molecular complexity index is 667. The van der Waals surface area contributed by atoms with Gasteiger partial charge in [0.25, 0.3) is 0 Å². The van der Waals surface area contributed by atoms with Gasteiger partial charge >= 0.3 is 0 Å². The molecule has 0 aliphatic carbocycles. The molecule has 2 aromatic rings. The third-order valence-corrected chi connectivity index (χ3v) is 4.46. The van der Waals surface area contributed by atoms with Gasteiger partial charge in [-0.2, -0.15) is 0 Å². The number of anilines is 1. The smallest absolute Gasteiger partial charge is 0.240 e. The zero-order valence-corrected chi connectivity index (χ0v) is 16.1. The molecule has 0 spiro atoms.